The monoisotopic (exact) mass is 245 g/mol. The van der Waals surface area contributed by atoms with Crippen LogP contribution in [0, 0.1) is 5.92 Å². The number of nitrogens with one attached hydrogen (secondary N) is 1. The zero-order chi connectivity index (χ0) is 13.1. The van der Waals surface area contributed by atoms with Crippen molar-refractivity contribution in [1.29, 1.82) is 0 Å². The summed E-state index contributed by atoms with van der Waals surface area (Å²) in [6, 6.07) is 8.55. The number of hydrogen-bond donors (Lipinski definition) is 2. The molecule has 2 unspecified atom stereocenters. The van der Waals surface area contributed by atoms with Gasteiger partial charge >= 0.3 is 0 Å². The van der Waals surface area contributed by atoms with E-state index in [0.29, 0.717) is 5.92 Å². The van der Waals surface area contributed by atoms with Gasteiger partial charge in [0.25, 0.3) is 0 Å². The Morgan fingerprint density at radius 3 is 2.72 bits per heavy atom. The van der Waals surface area contributed by atoms with Crippen LogP contribution in [0.2, 0.25) is 0 Å². The maximum Gasteiger partial charge on any atom is 0.0481 e. The summed E-state index contributed by atoms with van der Waals surface area (Å²) in [7, 11) is 4.07. The highest BCUT2D eigenvalue weighted by Crippen LogP contribution is 2.29. The molecule has 0 radical (unpaired) electrons. The second-order valence-electron chi connectivity index (χ2n) is 4.96. The summed E-state index contributed by atoms with van der Waals surface area (Å²) in [6.07, 6.45) is 3.26. The van der Waals surface area contributed by atoms with E-state index in [4.69, 9.17) is 5.73 Å². The Kier molecular flexibility index (Phi) is 4.04. The highest BCUT2D eigenvalue weighted by atomic mass is 14.9. The Bertz CT molecular complexity index is 515. The van der Waals surface area contributed by atoms with Gasteiger partial charge in [-0.2, -0.15) is 0 Å². The van der Waals surface area contributed by atoms with Gasteiger partial charge in [0.1, 0.15) is 0 Å². The molecule has 3 heteroatoms. The number of rotatable bonds is 5. The van der Waals surface area contributed by atoms with Gasteiger partial charge in [-0.3, -0.25) is 0 Å². The summed E-state index contributed by atoms with van der Waals surface area (Å²) in [5.41, 5.74) is 8.97. The molecule has 2 aromatic rings. The highest BCUT2D eigenvalue weighted by molar-refractivity contribution is 5.84. The van der Waals surface area contributed by atoms with E-state index in [1.165, 1.54) is 16.5 Å². The van der Waals surface area contributed by atoms with Crippen LogP contribution in [0.15, 0.2) is 30.5 Å². The van der Waals surface area contributed by atoms with E-state index in [1.54, 1.807) is 0 Å². The first-order chi connectivity index (χ1) is 8.69. The predicted octanol–water partition coefficient (Wildman–Crippen LogP) is 2.42. The van der Waals surface area contributed by atoms with Crippen molar-refractivity contribution in [3.63, 3.8) is 0 Å². The van der Waals surface area contributed by atoms with Gasteiger partial charge in [-0.15, -0.1) is 0 Å². The third-order valence-corrected chi connectivity index (χ3v) is 3.79. The molecular weight excluding hydrogens is 222 g/mol. The van der Waals surface area contributed by atoms with Crippen LogP contribution >= 0.6 is 0 Å². The molecule has 0 aliphatic heterocycles. The average Bonchev–Trinajstić information content (AvgIpc) is 2.73. The highest BCUT2D eigenvalue weighted by Gasteiger charge is 2.20. The fraction of sp³-hybridized carbons (Fsp3) is 0.467. The topological polar surface area (TPSA) is 43.0 Å². The molecular formula is C15H23N3. The molecule has 1 aromatic carbocycles. The van der Waals surface area contributed by atoms with E-state index in [-0.39, 0.29) is 6.04 Å². The quantitative estimate of drug-likeness (QED) is 0.849. The Balaban J connectivity index is 2.41. The number of aryl methyl sites for hydroxylation is 1. The van der Waals surface area contributed by atoms with Gasteiger partial charge in [0.05, 0.1) is 0 Å². The minimum absolute atomic E-state index is 0.0912. The molecule has 3 N–H and O–H groups in total. The number of para-hydroxylation sites is 1. The number of hydrogen-bond acceptors (Lipinski definition) is 2. The Morgan fingerprint density at radius 1 is 1.33 bits per heavy atom. The maximum atomic E-state index is 6.46. The lowest BCUT2D eigenvalue weighted by Gasteiger charge is -2.22. The Morgan fingerprint density at radius 2 is 2.06 bits per heavy atom. The third kappa shape index (κ3) is 2.28. The molecule has 0 aliphatic rings. The van der Waals surface area contributed by atoms with Crippen LogP contribution in [0.25, 0.3) is 10.9 Å². The molecule has 1 heterocycles. The van der Waals surface area contributed by atoms with Crippen LogP contribution in [0.3, 0.4) is 0 Å². The molecule has 98 valence electrons. The van der Waals surface area contributed by atoms with E-state index < -0.39 is 0 Å². The van der Waals surface area contributed by atoms with Crippen LogP contribution in [-0.2, 0) is 7.05 Å². The second kappa shape index (κ2) is 5.55. The van der Waals surface area contributed by atoms with Gasteiger partial charge in [-0.1, -0.05) is 31.5 Å². The van der Waals surface area contributed by atoms with Crippen molar-refractivity contribution in [3.05, 3.63) is 36.0 Å². The van der Waals surface area contributed by atoms with Crippen molar-refractivity contribution in [2.24, 2.45) is 18.7 Å². The van der Waals surface area contributed by atoms with Crippen LogP contribution in [-0.4, -0.2) is 18.2 Å². The molecule has 3 nitrogen and oxygen atoms in total. The van der Waals surface area contributed by atoms with E-state index in [1.807, 2.05) is 7.05 Å². The maximum absolute atomic E-state index is 6.46. The number of nitrogens with two attached hydrogens (primary N) is 1. The molecule has 0 bridgehead atoms. The molecule has 1 aromatic heterocycles. The lowest BCUT2D eigenvalue weighted by atomic mass is 9.91. The molecule has 0 fully saturated rings. The Labute approximate surface area is 109 Å². The minimum Gasteiger partial charge on any atom is -0.350 e. The van der Waals surface area contributed by atoms with Gasteiger partial charge in [-0.05, 0) is 31.1 Å². The first-order valence-electron chi connectivity index (χ1n) is 6.63. The smallest absolute Gasteiger partial charge is 0.0481 e. The van der Waals surface area contributed by atoms with Gasteiger partial charge in [0, 0.05) is 30.2 Å². The van der Waals surface area contributed by atoms with Crippen molar-refractivity contribution >= 4 is 10.9 Å². The Hall–Kier alpha value is -1.32. The van der Waals surface area contributed by atoms with E-state index in [2.05, 4.69) is 54.3 Å². The van der Waals surface area contributed by atoms with Crippen molar-refractivity contribution in [3.8, 4) is 0 Å². The van der Waals surface area contributed by atoms with E-state index >= 15 is 0 Å². The fourth-order valence-corrected chi connectivity index (χ4v) is 2.68. The van der Waals surface area contributed by atoms with Crippen LogP contribution in [0.5, 0.6) is 0 Å². The standard InChI is InChI=1S/C15H23N3/c1-4-11(9-17-2)15(16)13-10-18(3)14-8-6-5-7-12(13)14/h5-8,10-11,15,17H,4,9,16H2,1-3H3. The zero-order valence-electron chi connectivity index (χ0n) is 11.5. The van der Waals surface area contributed by atoms with E-state index in [0.717, 1.165) is 13.0 Å². The number of aromatic nitrogens is 1. The molecule has 0 amide bonds. The van der Waals surface area contributed by atoms with Gasteiger partial charge in [0.2, 0.25) is 0 Å². The molecule has 0 aliphatic carbocycles. The molecule has 2 atom stereocenters. The molecule has 0 saturated heterocycles. The number of fused-ring (bicyclic) bond motifs is 1. The van der Waals surface area contributed by atoms with Crippen molar-refractivity contribution in [1.82, 2.24) is 9.88 Å². The summed E-state index contributed by atoms with van der Waals surface area (Å²) in [4.78, 5) is 0. The van der Waals surface area contributed by atoms with Crippen LogP contribution < -0.4 is 11.1 Å². The SMILES string of the molecule is CCC(CNC)C(N)c1cn(C)c2ccccc12. The lowest BCUT2D eigenvalue weighted by molar-refractivity contribution is 0.404. The fourth-order valence-electron chi connectivity index (χ4n) is 2.68. The number of benzene rings is 1. The first-order valence-corrected chi connectivity index (χ1v) is 6.63. The summed E-state index contributed by atoms with van der Waals surface area (Å²) in [5.74, 6) is 0.473. The van der Waals surface area contributed by atoms with Gasteiger partial charge in [0.15, 0.2) is 0 Å². The molecule has 0 saturated carbocycles. The lowest BCUT2D eigenvalue weighted by Crippen LogP contribution is -2.29. The van der Waals surface area contributed by atoms with Crippen molar-refractivity contribution in [2.45, 2.75) is 19.4 Å². The number of nitrogens with zero attached hydrogens (tertiary/aromatic N) is 1. The zero-order valence-corrected chi connectivity index (χ0v) is 11.5. The average molecular weight is 245 g/mol. The van der Waals surface area contributed by atoms with Gasteiger partial charge in [-0.25, -0.2) is 0 Å². The minimum atomic E-state index is 0.0912. The normalized spacial score (nSPS) is 14.9. The van der Waals surface area contributed by atoms with Crippen molar-refractivity contribution in [2.75, 3.05) is 13.6 Å². The first kappa shape index (κ1) is 13.1. The summed E-state index contributed by atoms with van der Waals surface area (Å²) in [5, 5.41) is 4.52. The van der Waals surface area contributed by atoms with Crippen molar-refractivity contribution < 1.29 is 0 Å². The van der Waals surface area contributed by atoms with Crippen LogP contribution in [0.4, 0.5) is 0 Å². The molecule has 0 spiro atoms. The van der Waals surface area contributed by atoms with E-state index in [9.17, 15) is 0 Å². The summed E-state index contributed by atoms with van der Waals surface area (Å²) < 4.78 is 2.16. The largest absolute Gasteiger partial charge is 0.350 e. The summed E-state index contributed by atoms with van der Waals surface area (Å²) in [6.45, 7) is 3.16. The van der Waals surface area contributed by atoms with Gasteiger partial charge < -0.3 is 15.6 Å². The van der Waals surface area contributed by atoms with Crippen LogP contribution in [0.1, 0.15) is 24.9 Å². The molecule has 18 heavy (non-hydrogen) atoms. The summed E-state index contributed by atoms with van der Waals surface area (Å²) >= 11 is 0. The predicted molar refractivity (Wildman–Crippen MR) is 77.6 cm³/mol. The second-order valence-corrected chi connectivity index (χ2v) is 4.96. The molecule has 2 rings (SSSR count). The third-order valence-electron chi connectivity index (χ3n) is 3.79.